The molecular weight excluding hydrogens is 328 g/mol. The predicted molar refractivity (Wildman–Crippen MR) is 101 cm³/mol. The van der Waals surface area contributed by atoms with Crippen LogP contribution < -0.4 is 19.7 Å². The highest BCUT2D eigenvalue weighted by atomic mass is 16.6. The molecule has 0 radical (unpaired) electrons. The number of ether oxygens (including phenoxy) is 2. The van der Waals surface area contributed by atoms with E-state index in [4.69, 9.17) is 9.47 Å². The fraction of sp³-hybridized carbons (Fsp3) is 0.381. The second-order valence-electron chi connectivity index (χ2n) is 6.95. The van der Waals surface area contributed by atoms with E-state index in [1.54, 1.807) is 0 Å². The van der Waals surface area contributed by atoms with E-state index in [0.717, 1.165) is 24.3 Å². The zero-order chi connectivity index (χ0) is 17.9. The van der Waals surface area contributed by atoms with Crippen molar-refractivity contribution in [2.45, 2.75) is 31.9 Å². The lowest BCUT2D eigenvalue weighted by Gasteiger charge is -2.36. The van der Waals surface area contributed by atoms with Crippen LogP contribution in [0.5, 0.6) is 11.5 Å². The zero-order valence-corrected chi connectivity index (χ0v) is 15.0. The maximum absolute atomic E-state index is 12.5. The molecule has 2 heterocycles. The zero-order valence-electron chi connectivity index (χ0n) is 15.0. The Hall–Kier alpha value is -2.69. The first kappa shape index (κ1) is 16.8. The Morgan fingerprint density at radius 3 is 2.81 bits per heavy atom. The van der Waals surface area contributed by atoms with Crippen molar-refractivity contribution in [3.8, 4) is 11.5 Å². The van der Waals surface area contributed by atoms with Crippen molar-refractivity contribution in [1.82, 2.24) is 5.32 Å². The predicted octanol–water partition coefficient (Wildman–Crippen LogP) is 2.78. The van der Waals surface area contributed by atoms with Crippen LogP contribution in [-0.4, -0.2) is 37.7 Å². The molecule has 0 aliphatic carbocycles. The number of carbonyl (C=O) groups is 1. The van der Waals surface area contributed by atoms with Crippen LogP contribution in [0, 0.1) is 0 Å². The van der Waals surface area contributed by atoms with Crippen LogP contribution in [0.4, 0.5) is 5.69 Å². The summed E-state index contributed by atoms with van der Waals surface area (Å²) < 4.78 is 11.6. The summed E-state index contributed by atoms with van der Waals surface area (Å²) in [6.07, 6.45) is 1.97. The van der Waals surface area contributed by atoms with E-state index in [2.05, 4.69) is 35.3 Å². The van der Waals surface area contributed by atoms with Crippen LogP contribution in [0.15, 0.2) is 48.5 Å². The van der Waals surface area contributed by atoms with E-state index in [0.29, 0.717) is 25.7 Å². The normalized spacial score (nSPS) is 21.0. The lowest BCUT2D eigenvalue weighted by molar-refractivity contribution is -0.120. The first-order valence-electron chi connectivity index (χ1n) is 9.20. The second kappa shape index (κ2) is 7.28. The Morgan fingerprint density at radius 1 is 1.15 bits per heavy atom. The molecule has 2 aromatic rings. The molecule has 136 valence electrons. The Kier molecular flexibility index (Phi) is 4.69. The Balaban J connectivity index is 1.34. The van der Waals surface area contributed by atoms with E-state index in [1.165, 1.54) is 11.3 Å². The highest BCUT2D eigenvalue weighted by Gasteiger charge is 2.25. The molecule has 2 unspecified atom stereocenters. The van der Waals surface area contributed by atoms with Crippen molar-refractivity contribution in [1.29, 1.82) is 0 Å². The van der Waals surface area contributed by atoms with Gasteiger partial charge in [-0.3, -0.25) is 4.79 Å². The summed E-state index contributed by atoms with van der Waals surface area (Å²) in [5.41, 5.74) is 2.49. The summed E-state index contributed by atoms with van der Waals surface area (Å²) in [7, 11) is 0. The Morgan fingerprint density at radius 2 is 1.92 bits per heavy atom. The summed E-state index contributed by atoms with van der Waals surface area (Å²) >= 11 is 0. The molecule has 0 spiro atoms. The molecule has 5 heteroatoms. The van der Waals surface area contributed by atoms with Gasteiger partial charge in [-0.15, -0.1) is 0 Å². The first-order chi connectivity index (χ1) is 12.7. The number of anilines is 1. The fourth-order valence-corrected chi connectivity index (χ4v) is 3.60. The van der Waals surface area contributed by atoms with Crippen LogP contribution in [0.3, 0.4) is 0 Å². The summed E-state index contributed by atoms with van der Waals surface area (Å²) in [4.78, 5) is 14.7. The molecule has 1 amide bonds. The van der Waals surface area contributed by atoms with Gasteiger partial charge in [0, 0.05) is 11.7 Å². The number of aryl methyl sites for hydroxylation is 1. The van der Waals surface area contributed by atoms with Gasteiger partial charge >= 0.3 is 0 Å². The molecule has 2 aliphatic rings. The number of hydrogen-bond acceptors (Lipinski definition) is 4. The molecule has 0 saturated carbocycles. The van der Waals surface area contributed by atoms with E-state index in [1.807, 2.05) is 30.3 Å². The summed E-state index contributed by atoms with van der Waals surface area (Å²) in [6, 6.07) is 16.3. The van der Waals surface area contributed by atoms with E-state index in [9.17, 15) is 4.79 Å². The molecule has 0 bridgehead atoms. The molecule has 4 rings (SSSR count). The van der Waals surface area contributed by atoms with Gasteiger partial charge in [0.25, 0.3) is 0 Å². The molecule has 2 atom stereocenters. The molecule has 0 fully saturated rings. The highest BCUT2D eigenvalue weighted by molar-refractivity contribution is 5.82. The smallest absolute Gasteiger partial charge is 0.239 e. The molecule has 1 N–H and O–H groups in total. The van der Waals surface area contributed by atoms with E-state index >= 15 is 0 Å². The minimum absolute atomic E-state index is 0.0102. The number of carbonyl (C=O) groups excluding carboxylic acids is 1. The number of hydrogen-bond donors (Lipinski definition) is 1. The maximum Gasteiger partial charge on any atom is 0.239 e. The number of nitrogens with zero attached hydrogens (tertiary/aromatic N) is 1. The van der Waals surface area contributed by atoms with E-state index < -0.39 is 0 Å². The van der Waals surface area contributed by atoms with Crippen LogP contribution in [0.2, 0.25) is 0 Å². The van der Waals surface area contributed by atoms with Crippen LogP contribution in [0.1, 0.15) is 18.9 Å². The standard InChI is InChI=1S/C21H24N2O3/c1-15-10-11-16-6-2-3-7-18(16)23(15)13-21(24)22-12-17-14-25-19-8-4-5-9-20(19)26-17/h2-9,15,17H,10-14H2,1H3,(H,22,24). The third-order valence-corrected chi connectivity index (χ3v) is 5.07. The van der Waals surface area contributed by atoms with Crippen LogP contribution >= 0.6 is 0 Å². The first-order valence-corrected chi connectivity index (χ1v) is 9.20. The molecule has 2 aromatic carbocycles. The average molecular weight is 352 g/mol. The fourth-order valence-electron chi connectivity index (χ4n) is 3.60. The van der Waals surface area contributed by atoms with Gasteiger partial charge in [-0.25, -0.2) is 0 Å². The third-order valence-electron chi connectivity index (χ3n) is 5.07. The summed E-state index contributed by atoms with van der Waals surface area (Å²) in [5, 5.41) is 3.00. The van der Waals surface area contributed by atoms with Crippen LogP contribution in [0.25, 0.3) is 0 Å². The lowest BCUT2D eigenvalue weighted by Crippen LogP contribution is -2.47. The molecule has 26 heavy (non-hydrogen) atoms. The molecule has 5 nitrogen and oxygen atoms in total. The van der Waals surface area contributed by atoms with Crippen molar-refractivity contribution >= 4 is 11.6 Å². The van der Waals surface area contributed by atoms with Crippen molar-refractivity contribution in [3.05, 3.63) is 54.1 Å². The lowest BCUT2D eigenvalue weighted by atomic mass is 9.96. The largest absolute Gasteiger partial charge is 0.486 e. The van der Waals surface area contributed by atoms with Gasteiger partial charge in [0.2, 0.25) is 5.91 Å². The highest BCUT2D eigenvalue weighted by Crippen LogP contribution is 2.31. The summed E-state index contributed by atoms with van der Waals surface area (Å²) in [6.45, 7) is 3.43. The quantitative estimate of drug-likeness (QED) is 0.919. The molecule has 0 aromatic heterocycles. The summed E-state index contributed by atoms with van der Waals surface area (Å²) in [5.74, 6) is 1.50. The van der Waals surface area contributed by atoms with Gasteiger partial charge in [-0.2, -0.15) is 0 Å². The monoisotopic (exact) mass is 352 g/mol. The van der Waals surface area contributed by atoms with Gasteiger partial charge in [0.1, 0.15) is 12.7 Å². The average Bonchev–Trinajstić information content (AvgIpc) is 2.68. The number of nitrogens with one attached hydrogen (secondary N) is 1. The minimum Gasteiger partial charge on any atom is -0.486 e. The number of fused-ring (bicyclic) bond motifs is 2. The number of benzene rings is 2. The maximum atomic E-state index is 12.5. The molecule has 0 saturated heterocycles. The SMILES string of the molecule is CC1CCc2ccccc2N1CC(=O)NCC1COc2ccccc2O1. The minimum atomic E-state index is -0.167. The van der Waals surface area contributed by atoms with Gasteiger partial charge in [-0.05, 0) is 43.5 Å². The Labute approximate surface area is 153 Å². The number of rotatable bonds is 4. The van der Waals surface area contributed by atoms with Gasteiger partial charge in [0.15, 0.2) is 11.5 Å². The van der Waals surface area contributed by atoms with Gasteiger partial charge < -0.3 is 19.7 Å². The van der Waals surface area contributed by atoms with Crippen molar-refractivity contribution in [2.24, 2.45) is 0 Å². The number of amides is 1. The van der Waals surface area contributed by atoms with Crippen molar-refractivity contribution < 1.29 is 14.3 Å². The van der Waals surface area contributed by atoms with Crippen LogP contribution in [-0.2, 0) is 11.2 Å². The Bertz CT molecular complexity index is 792. The van der Waals surface area contributed by atoms with E-state index in [-0.39, 0.29) is 12.0 Å². The molecular formula is C21H24N2O3. The molecule has 2 aliphatic heterocycles. The van der Waals surface area contributed by atoms with Crippen molar-refractivity contribution in [3.63, 3.8) is 0 Å². The third kappa shape index (κ3) is 3.47. The second-order valence-corrected chi connectivity index (χ2v) is 6.95. The van der Waals surface area contributed by atoms with Gasteiger partial charge in [-0.1, -0.05) is 30.3 Å². The topological polar surface area (TPSA) is 50.8 Å². The van der Waals surface area contributed by atoms with Crippen molar-refractivity contribution in [2.75, 3.05) is 24.6 Å². The number of para-hydroxylation sites is 3. The van der Waals surface area contributed by atoms with Gasteiger partial charge in [0.05, 0.1) is 13.1 Å².